The Morgan fingerprint density at radius 2 is 0.680 bits per heavy atom. The highest BCUT2D eigenvalue weighted by Crippen LogP contribution is 2.56. The summed E-state index contributed by atoms with van der Waals surface area (Å²) in [5, 5.41) is 17.7. The van der Waals surface area contributed by atoms with Gasteiger partial charge in [0.1, 0.15) is 97.4 Å². The summed E-state index contributed by atoms with van der Waals surface area (Å²) in [5.74, 6) is 5.28. The zero-order chi connectivity index (χ0) is 104. The van der Waals surface area contributed by atoms with Gasteiger partial charge in [0.05, 0.1) is 78.9 Å². The van der Waals surface area contributed by atoms with Gasteiger partial charge in [0.15, 0.2) is 0 Å². The molecule has 0 aliphatic heterocycles. The van der Waals surface area contributed by atoms with Gasteiger partial charge < -0.3 is 60.3 Å². The van der Waals surface area contributed by atoms with E-state index in [1.165, 1.54) is 183 Å². The van der Waals surface area contributed by atoms with Crippen molar-refractivity contribution in [3.63, 3.8) is 0 Å². The minimum absolute atomic E-state index is 0.0278. The van der Waals surface area contributed by atoms with Gasteiger partial charge in [-0.25, -0.2) is 17.6 Å². The number of aromatic nitrogens is 6. The van der Waals surface area contributed by atoms with E-state index in [9.17, 15) is 46.3 Å². The smallest absolute Gasteiger partial charge is 0.257 e. The molecule has 0 radical (unpaired) electrons. The first-order valence-electron chi connectivity index (χ1n) is 51.7. The first-order chi connectivity index (χ1) is 73.1. The minimum atomic E-state index is -0.480. The number of hydrogen-bond donors (Lipinski definition) is 6. The maximum Gasteiger partial charge on any atom is 0.257 e. The maximum atomic E-state index is 13.8. The van der Waals surface area contributed by atoms with Crippen molar-refractivity contribution in [2.24, 2.45) is 29.6 Å². The molecule has 28 heteroatoms. The van der Waals surface area contributed by atoms with Crippen molar-refractivity contribution in [2.45, 2.75) is 206 Å². The van der Waals surface area contributed by atoms with Crippen molar-refractivity contribution < 1.29 is 74.8 Å². The number of carbonyl (C=O) groups excluding carboxylic acids is 6. The Labute approximate surface area is 873 Å². The Kier molecular flexibility index (Phi) is 40.6. The number of nitrogens with one attached hydrogen (secondary N) is 6. The second-order valence-electron chi connectivity index (χ2n) is 38.8. The number of rotatable bonds is 32. The third-order valence-corrected chi connectivity index (χ3v) is 27.3. The Balaban J connectivity index is 0.000000135. The zero-order valence-electron chi connectivity index (χ0n) is 84.5. The van der Waals surface area contributed by atoms with Crippen LogP contribution in [0.4, 0.5) is 28.9 Å². The van der Waals surface area contributed by atoms with Crippen molar-refractivity contribution in [1.82, 2.24) is 51.2 Å². The largest absolute Gasteiger partial charge is 0.487 e. The summed E-state index contributed by atoms with van der Waals surface area (Å²) in [5.41, 5.74) is 8.60. The Morgan fingerprint density at radius 3 is 1.08 bits per heavy atom. The summed E-state index contributed by atoms with van der Waals surface area (Å²) in [4.78, 5) is 99.7. The highest BCUT2D eigenvalue weighted by Gasteiger charge is 2.52. The van der Waals surface area contributed by atoms with Crippen LogP contribution in [0.3, 0.4) is 0 Å². The third-order valence-electron chi connectivity index (χ3n) is 27.3. The fourth-order valence-corrected chi connectivity index (χ4v) is 19.5. The minimum Gasteiger partial charge on any atom is -0.487 e. The molecule has 0 spiro atoms. The number of amides is 6. The average molecular weight is 2030 g/mol. The van der Waals surface area contributed by atoms with Gasteiger partial charge in [-0.3, -0.25) is 58.7 Å². The first-order valence-corrected chi connectivity index (χ1v) is 51.7. The van der Waals surface area contributed by atoms with E-state index in [-0.39, 0.29) is 77.5 Å². The highest BCUT2D eigenvalue weighted by atomic mass is 19.1. The molecule has 0 unspecified atom stereocenters. The number of ether oxygens (including phenoxy) is 6. The van der Waals surface area contributed by atoms with E-state index in [1.54, 1.807) is 123 Å². The number of carbonyl (C=O) groups is 6. The molecule has 7 aliphatic rings. The average Bonchev–Trinajstić information content (AvgIpc) is 0.745. The zero-order valence-corrected chi connectivity index (χ0v) is 84.5. The van der Waals surface area contributed by atoms with Crippen LogP contribution in [0.1, 0.15) is 244 Å². The van der Waals surface area contributed by atoms with Crippen LogP contribution in [0.5, 0.6) is 34.5 Å². The van der Waals surface area contributed by atoms with Gasteiger partial charge in [-0.15, -0.1) is 0 Å². The predicted octanol–water partition coefficient (Wildman–Crippen LogP) is 25.1. The van der Waals surface area contributed by atoms with Gasteiger partial charge in [0, 0.05) is 67.4 Å². The van der Waals surface area contributed by atoms with E-state index in [1.807, 2.05) is 146 Å². The Hall–Kier alpha value is -16.0. The lowest BCUT2D eigenvalue weighted by atomic mass is 9.53. The van der Waals surface area contributed by atoms with E-state index >= 15 is 0 Å². The van der Waals surface area contributed by atoms with Crippen LogP contribution in [0, 0.1) is 59.8 Å². The highest BCUT2D eigenvalue weighted by molar-refractivity contribution is 6.05. The fraction of sp³-hybridized carbons (Fsp3) is 0.311. The first kappa shape index (κ1) is 108. The fourth-order valence-electron chi connectivity index (χ4n) is 19.5. The second kappa shape index (κ2) is 56.2. The maximum absolute atomic E-state index is 13.8. The van der Waals surface area contributed by atoms with Gasteiger partial charge in [-0.05, 0) is 308 Å². The standard InChI is InChI=1S/C23H26N2O2.C21H25FN2O2.C20H17FN2O2.C20H24N2O2.C19H21FN2O2.C19H15FN2O2/c26-22(25-23-11-16-8-17(12-23)10-18(9-16)13-23)19-6-7-20(24-14-19)15-27-21-4-2-1-3-5-21;1-15(16-5-3-2-4-6-16)24-21(25)17-7-10-19(23-13-17)14-26-20-11-8-18(22)9-12-20;1-14-7-10-19(18(21)11-14)23-20(24)15-8-9-16(22-12-15)13-25-17-5-3-2-4-6-17;23-20(22-13-16-7-3-1-4-8-16)17-11-12-18(21-14-17)15-24-19-9-5-2-6-10-19;20-15-5-4-8-18(11-15)24-13-17-10-9-14(12-21-17)19(23)22-16-6-2-1-3-7-16;20-17-8-4-5-9-18(17)22-19(23)14-10-11-15(21-12-14)13-24-16-6-2-1-3-7-16/h1-7,14,16-18H,8-13,15H2,(H,25,26);7-13,15-16H,2-6,14H2,1H3,(H,24,25);2-12H,13H2,1H3,(H,23,24);2,5-6,9-12,14,16H,1,3-4,7-8,13,15H2,(H,22,23);4-5,8-12,16H,1-3,6-7,13H2,(H,22,23);1-12H,13H2,(H,22,23)/t;15-;;;;/m.1..../s1. The van der Waals surface area contributed by atoms with Crippen molar-refractivity contribution >= 4 is 46.8 Å². The molecular formula is C122H128F4N12O12. The summed E-state index contributed by atoms with van der Waals surface area (Å²) in [7, 11) is 0. The molecule has 1 atom stereocenters. The molecule has 776 valence electrons. The lowest BCUT2D eigenvalue weighted by Gasteiger charge is -2.56. The molecule has 0 saturated heterocycles. The number of hydrogen-bond acceptors (Lipinski definition) is 18. The molecular weight excluding hydrogens is 1900 g/mol. The lowest BCUT2D eigenvalue weighted by molar-refractivity contribution is -0.0167. The van der Waals surface area contributed by atoms with Crippen molar-refractivity contribution in [1.29, 1.82) is 0 Å². The monoisotopic (exact) mass is 2030 g/mol. The van der Waals surface area contributed by atoms with Gasteiger partial charge in [-0.2, -0.15) is 0 Å². The topological polar surface area (TPSA) is 307 Å². The summed E-state index contributed by atoms with van der Waals surface area (Å²) in [6.07, 6.45) is 35.3. The normalized spacial score (nSPS) is 16.5. The molecule has 21 rings (SSSR count). The van der Waals surface area contributed by atoms with E-state index < -0.39 is 23.4 Å². The summed E-state index contributed by atoms with van der Waals surface area (Å²) < 4.78 is 86.9. The van der Waals surface area contributed by atoms with Crippen molar-refractivity contribution in [3.8, 4) is 34.5 Å². The molecule has 6 N–H and O–H groups in total. The molecule has 7 saturated carbocycles. The Bertz CT molecular complexity index is 6550. The summed E-state index contributed by atoms with van der Waals surface area (Å²) in [6.45, 7) is 6.56. The number of aryl methyl sites for hydroxylation is 1. The van der Waals surface area contributed by atoms with Crippen LogP contribution in [0.2, 0.25) is 0 Å². The molecule has 6 aromatic heterocycles. The van der Waals surface area contributed by atoms with Crippen molar-refractivity contribution in [2.75, 3.05) is 17.2 Å². The summed E-state index contributed by atoms with van der Waals surface area (Å²) >= 11 is 0. The third kappa shape index (κ3) is 34.8. The molecule has 150 heavy (non-hydrogen) atoms. The van der Waals surface area contributed by atoms with Crippen LogP contribution < -0.4 is 60.3 Å². The number of anilines is 2. The molecule has 7 fully saturated rings. The van der Waals surface area contributed by atoms with Crippen molar-refractivity contribution in [3.05, 3.63) is 419 Å². The lowest BCUT2D eigenvalue weighted by Crippen LogP contribution is -2.59. The van der Waals surface area contributed by atoms with Crippen LogP contribution in [-0.4, -0.2) is 89.5 Å². The van der Waals surface area contributed by atoms with Crippen LogP contribution in [-0.2, 0) is 39.6 Å². The number of benzene rings is 8. The molecule has 24 nitrogen and oxygen atoms in total. The van der Waals surface area contributed by atoms with Gasteiger partial charge in [0.25, 0.3) is 35.4 Å². The van der Waals surface area contributed by atoms with Gasteiger partial charge in [-0.1, -0.05) is 155 Å². The van der Waals surface area contributed by atoms with Crippen LogP contribution in [0.25, 0.3) is 0 Å². The van der Waals surface area contributed by atoms with E-state index in [4.69, 9.17) is 28.4 Å². The van der Waals surface area contributed by atoms with Gasteiger partial charge >= 0.3 is 0 Å². The number of para-hydroxylation sites is 5. The SMILES string of the molecule is C[C@@H](NC(=O)c1ccc(COc2ccc(F)cc2)nc1)C1CCCCC1.Cc1ccc(NC(=O)c2ccc(COc3ccccc3)nc2)c(F)c1.O=C(NC12CC3CC(CC(C3)C1)C2)c1ccc(COc2ccccc2)nc1.O=C(NC1CCCCC1)c1ccc(COc2cccc(F)c2)nc1.O=C(NCC1CCCCC1)c1ccc(COc2ccccc2)nc1.O=C(Nc1ccccc1F)c1ccc(COc2ccccc2)nc1. The van der Waals surface area contributed by atoms with Gasteiger partial charge in [0.2, 0.25) is 0 Å². The molecule has 7 aliphatic carbocycles. The molecule has 6 amide bonds. The quantitative estimate of drug-likeness (QED) is 0.0213. The predicted molar refractivity (Wildman–Crippen MR) is 569 cm³/mol. The Morgan fingerprint density at radius 1 is 0.327 bits per heavy atom. The van der Waals surface area contributed by atoms with E-state index in [2.05, 4.69) is 68.7 Å². The summed E-state index contributed by atoms with van der Waals surface area (Å²) in [6, 6.07) is 82.2. The molecule has 8 aromatic carbocycles. The molecule has 4 bridgehead atoms. The van der Waals surface area contributed by atoms with E-state index in [0.29, 0.717) is 106 Å². The molecule has 14 aromatic rings. The number of nitrogens with zero attached hydrogens (tertiary/aromatic N) is 6. The van der Waals surface area contributed by atoms with Crippen LogP contribution >= 0.6 is 0 Å². The second-order valence-corrected chi connectivity index (χ2v) is 38.8. The molecule has 6 heterocycles. The number of pyridine rings is 6. The van der Waals surface area contributed by atoms with E-state index in [0.717, 1.165) is 77.1 Å². The number of halogens is 4. The van der Waals surface area contributed by atoms with Crippen LogP contribution in [0.15, 0.2) is 322 Å².